The number of nitrogens with one attached hydrogen (secondary N) is 1. The molecular weight excluding hydrogens is 226 g/mol. The summed E-state index contributed by atoms with van der Waals surface area (Å²) in [6.07, 6.45) is -0.418. The van der Waals surface area contributed by atoms with Gasteiger partial charge in [0, 0.05) is 12.5 Å². The van der Waals surface area contributed by atoms with E-state index in [2.05, 4.69) is 5.32 Å². The second-order valence-electron chi connectivity index (χ2n) is 4.24. The topological polar surface area (TPSA) is 136 Å². The third kappa shape index (κ3) is 6.52. The van der Waals surface area contributed by atoms with Crippen LogP contribution in [0.3, 0.4) is 0 Å². The summed E-state index contributed by atoms with van der Waals surface area (Å²) in [5, 5.41) is 11.0. The van der Waals surface area contributed by atoms with Crippen molar-refractivity contribution in [3.8, 4) is 0 Å². The molecule has 0 aromatic heterocycles. The standard InChI is InChI=1S/C10H19N3O4/c1-5(2)6(11)3-9(15)13-7(10(16)17)4-8(12)14/h5-7H,3-4,11H2,1-2H3,(H2,12,14)(H,13,15)(H,16,17)/t6?,7-/m0/s1. The first kappa shape index (κ1) is 15.4. The van der Waals surface area contributed by atoms with Gasteiger partial charge in [-0.2, -0.15) is 0 Å². The molecule has 0 spiro atoms. The molecule has 0 aliphatic rings. The molecule has 0 radical (unpaired) electrons. The highest BCUT2D eigenvalue weighted by molar-refractivity contribution is 5.88. The van der Waals surface area contributed by atoms with Crippen LogP contribution in [0, 0.1) is 5.92 Å². The van der Waals surface area contributed by atoms with Crippen LogP contribution in [0.4, 0.5) is 0 Å². The van der Waals surface area contributed by atoms with Gasteiger partial charge in [-0.25, -0.2) is 4.79 Å². The number of hydrogen-bond acceptors (Lipinski definition) is 4. The molecule has 7 heteroatoms. The molecule has 0 aromatic carbocycles. The molecule has 0 bridgehead atoms. The Kier molecular flexibility index (Phi) is 6.19. The quantitative estimate of drug-likeness (QED) is 0.447. The average molecular weight is 245 g/mol. The lowest BCUT2D eigenvalue weighted by atomic mass is 10.0. The van der Waals surface area contributed by atoms with Crippen molar-refractivity contribution in [3.63, 3.8) is 0 Å². The van der Waals surface area contributed by atoms with Gasteiger partial charge in [0.25, 0.3) is 0 Å². The van der Waals surface area contributed by atoms with Crippen LogP contribution in [0.1, 0.15) is 26.7 Å². The van der Waals surface area contributed by atoms with Gasteiger partial charge in [-0.3, -0.25) is 9.59 Å². The number of aliphatic carboxylic acids is 1. The molecule has 1 unspecified atom stereocenters. The summed E-state index contributed by atoms with van der Waals surface area (Å²) in [5.41, 5.74) is 10.5. The lowest BCUT2D eigenvalue weighted by molar-refractivity contribution is -0.143. The second kappa shape index (κ2) is 6.85. The van der Waals surface area contributed by atoms with E-state index in [0.29, 0.717) is 0 Å². The zero-order valence-corrected chi connectivity index (χ0v) is 9.97. The molecule has 0 saturated heterocycles. The zero-order valence-electron chi connectivity index (χ0n) is 9.97. The molecule has 2 amide bonds. The maximum atomic E-state index is 11.4. The Balaban J connectivity index is 4.31. The first-order chi connectivity index (χ1) is 7.73. The number of amides is 2. The molecule has 0 aliphatic heterocycles. The number of carboxylic acid groups (broad SMARTS) is 1. The van der Waals surface area contributed by atoms with Gasteiger partial charge >= 0.3 is 5.97 Å². The Morgan fingerprint density at radius 2 is 1.76 bits per heavy atom. The maximum Gasteiger partial charge on any atom is 0.326 e. The average Bonchev–Trinajstić information content (AvgIpc) is 2.15. The highest BCUT2D eigenvalue weighted by atomic mass is 16.4. The van der Waals surface area contributed by atoms with E-state index >= 15 is 0 Å². The van der Waals surface area contributed by atoms with Crippen LogP contribution in [-0.2, 0) is 14.4 Å². The Morgan fingerprint density at radius 1 is 1.24 bits per heavy atom. The predicted molar refractivity (Wildman–Crippen MR) is 60.8 cm³/mol. The van der Waals surface area contributed by atoms with Gasteiger partial charge in [0.05, 0.1) is 6.42 Å². The Hall–Kier alpha value is -1.63. The smallest absolute Gasteiger partial charge is 0.326 e. The van der Waals surface area contributed by atoms with Gasteiger partial charge in [-0.1, -0.05) is 13.8 Å². The van der Waals surface area contributed by atoms with E-state index in [0.717, 1.165) is 0 Å². The minimum absolute atomic E-state index is 0.0141. The fourth-order valence-electron chi connectivity index (χ4n) is 1.10. The van der Waals surface area contributed by atoms with E-state index in [-0.39, 0.29) is 18.4 Å². The molecule has 0 saturated carbocycles. The summed E-state index contributed by atoms with van der Waals surface area (Å²) in [4.78, 5) is 32.8. The highest BCUT2D eigenvalue weighted by Gasteiger charge is 2.23. The first-order valence-electron chi connectivity index (χ1n) is 5.30. The van der Waals surface area contributed by atoms with Gasteiger partial charge in [0.2, 0.25) is 11.8 Å². The van der Waals surface area contributed by atoms with E-state index in [1.54, 1.807) is 0 Å². The Bertz CT molecular complexity index is 304. The SMILES string of the molecule is CC(C)C(N)CC(=O)N[C@@H](CC(N)=O)C(=O)O. The molecule has 0 rings (SSSR count). The van der Waals surface area contributed by atoms with E-state index < -0.39 is 30.2 Å². The Labute approximate surface area is 99.5 Å². The van der Waals surface area contributed by atoms with Crippen molar-refractivity contribution in [1.29, 1.82) is 0 Å². The molecule has 6 N–H and O–H groups in total. The summed E-state index contributed by atoms with van der Waals surface area (Å²) < 4.78 is 0. The molecule has 0 heterocycles. The van der Waals surface area contributed by atoms with Crippen molar-refractivity contribution in [2.75, 3.05) is 0 Å². The van der Waals surface area contributed by atoms with E-state index in [1.807, 2.05) is 13.8 Å². The van der Waals surface area contributed by atoms with Gasteiger partial charge in [-0.15, -0.1) is 0 Å². The lowest BCUT2D eigenvalue weighted by Gasteiger charge is -2.17. The minimum atomic E-state index is -1.30. The van der Waals surface area contributed by atoms with Crippen LogP contribution in [0.5, 0.6) is 0 Å². The fourth-order valence-corrected chi connectivity index (χ4v) is 1.10. The molecule has 17 heavy (non-hydrogen) atoms. The van der Waals surface area contributed by atoms with Gasteiger partial charge in [-0.05, 0) is 5.92 Å². The third-order valence-corrected chi connectivity index (χ3v) is 2.32. The number of nitrogens with two attached hydrogens (primary N) is 2. The predicted octanol–water partition coefficient (Wildman–Crippen LogP) is -1.20. The van der Waals surface area contributed by atoms with Crippen LogP contribution in [-0.4, -0.2) is 35.0 Å². The van der Waals surface area contributed by atoms with Crippen molar-refractivity contribution in [2.24, 2.45) is 17.4 Å². The summed E-state index contributed by atoms with van der Waals surface area (Å²) in [5.74, 6) is -2.47. The van der Waals surface area contributed by atoms with E-state index in [1.165, 1.54) is 0 Å². The van der Waals surface area contributed by atoms with Gasteiger partial charge < -0.3 is 21.9 Å². The van der Waals surface area contributed by atoms with Crippen LogP contribution in [0.25, 0.3) is 0 Å². The number of primary amides is 1. The first-order valence-corrected chi connectivity index (χ1v) is 5.30. The molecule has 0 aliphatic carbocycles. The number of carbonyl (C=O) groups is 3. The van der Waals surface area contributed by atoms with Crippen LogP contribution in [0.15, 0.2) is 0 Å². The van der Waals surface area contributed by atoms with Gasteiger partial charge in [0.1, 0.15) is 6.04 Å². The third-order valence-electron chi connectivity index (χ3n) is 2.32. The normalized spacial score (nSPS) is 14.1. The summed E-state index contributed by atoms with van der Waals surface area (Å²) in [6, 6.07) is -1.64. The van der Waals surface area contributed by atoms with Crippen LogP contribution >= 0.6 is 0 Å². The fraction of sp³-hybridized carbons (Fsp3) is 0.700. The van der Waals surface area contributed by atoms with E-state index in [4.69, 9.17) is 16.6 Å². The van der Waals surface area contributed by atoms with Crippen LogP contribution < -0.4 is 16.8 Å². The van der Waals surface area contributed by atoms with Crippen LogP contribution in [0.2, 0.25) is 0 Å². The summed E-state index contributed by atoms with van der Waals surface area (Å²) in [6.45, 7) is 3.71. The van der Waals surface area contributed by atoms with Crippen molar-refractivity contribution in [3.05, 3.63) is 0 Å². The number of rotatable bonds is 7. The van der Waals surface area contributed by atoms with Crippen molar-refractivity contribution < 1.29 is 19.5 Å². The van der Waals surface area contributed by atoms with Crippen molar-refractivity contribution >= 4 is 17.8 Å². The van der Waals surface area contributed by atoms with Gasteiger partial charge in [0.15, 0.2) is 0 Å². The highest BCUT2D eigenvalue weighted by Crippen LogP contribution is 2.03. The Morgan fingerprint density at radius 3 is 2.12 bits per heavy atom. The maximum absolute atomic E-state index is 11.4. The molecular formula is C10H19N3O4. The largest absolute Gasteiger partial charge is 0.480 e. The second-order valence-corrected chi connectivity index (χ2v) is 4.24. The van der Waals surface area contributed by atoms with Crippen molar-refractivity contribution in [2.45, 2.75) is 38.8 Å². The number of carbonyl (C=O) groups excluding carboxylic acids is 2. The number of carboxylic acids is 1. The molecule has 0 aromatic rings. The van der Waals surface area contributed by atoms with Crippen molar-refractivity contribution in [1.82, 2.24) is 5.32 Å². The molecule has 7 nitrogen and oxygen atoms in total. The molecule has 98 valence electrons. The number of hydrogen-bond donors (Lipinski definition) is 4. The molecule has 0 fully saturated rings. The molecule has 2 atom stereocenters. The minimum Gasteiger partial charge on any atom is -0.480 e. The summed E-state index contributed by atoms with van der Waals surface area (Å²) in [7, 11) is 0. The summed E-state index contributed by atoms with van der Waals surface area (Å²) >= 11 is 0. The lowest BCUT2D eigenvalue weighted by Crippen LogP contribution is -2.45. The van der Waals surface area contributed by atoms with E-state index in [9.17, 15) is 14.4 Å². The monoisotopic (exact) mass is 245 g/mol. The zero-order chi connectivity index (χ0) is 13.6.